The summed E-state index contributed by atoms with van der Waals surface area (Å²) >= 11 is 3.35. The molecule has 1 amide bonds. The Kier molecular flexibility index (Phi) is 34.8. The van der Waals surface area contributed by atoms with E-state index in [1.807, 2.05) is 6.92 Å². The van der Waals surface area contributed by atoms with Crippen molar-refractivity contribution >= 4 is 39.6 Å². The number of ether oxygens (including phenoxy) is 2. The third kappa shape index (κ3) is 25.2. The molecule has 2 rings (SSSR count). The monoisotopic (exact) mass is 610 g/mol. The third-order valence-electron chi connectivity index (χ3n) is 3.63. The summed E-state index contributed by atoms with van der Waals surface area (Å²) in [7, 11) is 6.29. The smallest absolute Gasteiger partial charge is 0.224 e. The maximum absolute atomic E-state index is 12.9. The van der Waals surface area contributed by atoms with Gasteiger partial charge in [0, 0.05) is 36.2 Å². The van der Waals surface area contributed by atoms with Crippen molar-refractivity contribution < 1.29 is 23.9 Å². The van der Waals surface area contributed by atoms with Gasteiger partial charge < -0.3 is 25.3 Å². The van der Waals surface area contributed by atoms with E-state index in [9.17, 15) is 9.59 Å². The van der Waals surface area contributed by atoms with Gasteiger partial charge in [0.25, 0.3) is 0 Å². The SMILES string of the molecule is C=C(C)CCC(=O)Nc1ccc(OC)cc1C(=O)c1ccc(Br)cc1.CC=O.CCC.CCC.CN.COC. The van der Waals surface area contributed by atoms with Gasteiger partial charge in [0.05, 0.1) is 12.8 Å². The lowest BCUT2D eigenvalue weighted by Crippen LogP contribution is -2.15. The summed E-state index contributed by atoms with van der Waals surface area (Å²) in [6, 6.07) is 12.1. The highest BCUT2D eigenvalue weighted by atomic mass is 79.9. The topological polar surface area (TPSA) is 108 Å². The fourth-order valence-corrected chi connectivity index (χ4v) is 2.51. The number of carbonyl (C=O) groups is 3. The van der Waals surface area contributed by atoms with Crippen LogP contribution in [0.25, 0.3) is 0 Å². The minimum atomic E-state index is -0.179. The number of benzene rings is 2. The van der Waals surface area contributed by atoms with Gasteiger partial charge in [-0.3, -0.25) is 9.59 Å². The summed E-state index contributed by atoms with van der Waals surface area (Å²) in [5.41, 5.74) is 6.84. The average molecular weight is 612 g/mol. The molecule has 0 unspecified atom stereocenters. The number of nitrogens with one attached hydrogen (secondary N) is 1. The van der Waals surface area contributed by atoms with Crippen molar-refractivity contribution in [3.05, 3.63) is 70.2 Å². The van der Waals surface area contributed by atoms with Crippen molar-refractivity contribution in [2.75, 3.05) is 33.7 Å². The van der Waals surface area contributed by atoms with Crippen LogP contribution in [0, 0.1) is 0 Å². The molecular weight excluding hydrogens is 560 g/mol. The van der Waals surface area contributed by atoms with Crippen LogP contribution in [0.2, 0.25) is 0 Å². The molecule has 2 aromatic carbocycles. The van der Waals surface area contributed by atoms with Crippen LogP contribution < -0.4 is 15.8 Å². The molecule has 0 radical (unpaired) electrons. The summed E-state index contributed by atoms with van der Waals surface area (Å²) in [6.45, 7) is 15.6. The number of rotatable bonds is 7. The Hall–Kier alpha value is -2.81. The van der Waals surface area contributed by atoms with Gasteiger partial charge in [-0.2, -0.15) is 0 Å². The molecule has 0 saturated heterocycles. The number of anilines is 1. The summed E-state index contributed by atoms with van der Waals surface area (Å²) < 4.78 is 10.4. The largest absolute Gasteiger partial charge is 0.497 e. The third-order valence-corrected chi connectivity index (χ3v) is 4.16. The van der Waals surface area contributed by atoms with Gasteiger partial charge in [-0.1, -0.05) is 62.0 Å². The lowest BCUT2D eigenvalue weighted by molar-refractivity contribution is -0.116. The summed E-state index contributed by atoms with van der Waals surface area (Å²) in [5, 5.41) is 2.81. The van der Waals surface area contributed by atoms with Crippen LogP contribution in [0.5, 0.6) is 5.75 Å². The second-order valence-corrected chi connectivity index (χ2v) is 8.73. The van der Waals surface area contributed by atoms with Gasteiger partial charge in [-0.25, -0.2) is 0 Å². The second kappa shape index (κ2) is 31.4. The maximum Gasteiger partial charge on any atom is 0.224 e. The molecule has 2 aromatic rings. The Morgan fingerprint density at radius 2 is 1.38 bits per heavy atom. The molecule has 7 nitrogen and oxygen atoms in total. The zero-order valence-corrected chi connectivity index (χ0v) is 27.2. The van der Waals surface area contributed by atoms with Crippen LogP contribution in [-0.2, 0) is 14.3 Å². The number of methoxy groups -OCH3 is 2. The Balaban J connectivity index is -0.000000369. The molecule has 0 saturated carbocycles. The zero-order chi connectivity index (χ0) is 31.2. The summed E-state index contributed by atoms with van der Waals surface area (Å²) in [6.07, 6.45) is 4.19. The summed E-state index contributed by atoms with van der Waals surface area (Å²) in [4.78, 5) is 33.8. The normalized spacial score (nSPS) is 8.41. The van der Waals surface area contributed by atoms with E-state index in [1.54, 1.807) is 56.7 Å². The van der Waals surface area contributed by atoms with Crippen LogP contribution in [0.4, 0.5) is 5.69 Å². The molecule has 0 aliphatic rings. The number of hydrogen-bond donors (Lipinski definition) is 2. The Bertz CT molecular complexity index is 896. The number of hydrogen-bond acceptors (Lipinski definition) is 6. The number of halogens is 1. The minimum Gasteiger partial charge on any atom is -0.497 e. The number of carbonyl (C=O) groups excluding carboxylic acids is 3. The number of allylic oxidation sites excluding steroid dienone is 1. The van der Waals surface area contributed by atoms with Crippen molar-refractivity contribution in [3.8, 4) is 5.75 Å². The molecular formula is C31H51BrN2O5. The summed E-state index contributed by atoms with van der Waals surface area (Å²) in [5.74, 6) is 0.222. The van der Waals surface area contributed by atoms with Gasteiger partial charge >= 0.3 is 0 Å². The van der Waals surface area contributed by atoms with Gasteiger partial charge in [0.15, 0.2) is 5.78 Å². The van der Waals surface area contributed by atoms with Crippen LogP contribution >= 0.6 is 15.9 Å². The fourth-order valence-electron chi connectivity index (χ4n) is 2.24. The van der Waals surface area contributed by atoms with Crippen molar-refractivity contribution in [3.63, 3.8) is 0 Å². The number of nitrogens with two attached hydrogens (primary N) is 1. The number of amides is 1. The van der Waals surface area contributed by atoms with Crippen molar-refractivity contribution in [2.24, 2.45) is 5.73 Å². The standard InChI is InChI=1S/C20H20BrNO3.2C3H8.C2H6O.C2H4O.CH5N/c1-13(2)4-11-19(23)22-18-10-9-16(25-3)12-17(18)20(24)14-5-7-15(21)8-6-14;3*1-3-2;1-2-3;1-2/h5-10,12H,1,4,11H2,2-3H3,(H,22,23);2*3H2,1-2H3;1-2H3;2H,1H3;2H2,1H3. The molecule has 8 heteroatoms. The highest BCUT2D eigenvalue weighted by molar-refractivity contribution is 9.10. The van der Waals surface area contributed by atoms with Crippen molar-refractivity contribution in [1.29, 1.82) is 0 Å². The highest BCUT2D eigenvalue weighted by Crippen LogP contribution is 2.26. The van der Waals surface area contributed by atoms with Crippen LogP contribution in [0.3, 0.4) is 0 Å². The van der Waals surface area contributed by atoms with E-state index >= 15 is 0 Å². The minimum absolute atomic E-state index is 0.155. The van der Waals surface area contributed by atoms with Crippen molar-refractivity contribution in [1.82, 2.24) is 0 Å². The lowest BCUT2D eigenvalue weighted by Gasteiger charge is -2.12. The molecule has 0 fully saturated rings. The molecule has 0 aliphatic carbocycles. The van der Waals surface area contributed by atoms with Gasteiger partial charge in [-0.15, -0.1) is 6.58 Å². The molecule has 0 atom stereocenters. The first-order valence-corrected chi connectivity index (χ1v) is 13.7. The number of ketones is 1. The zero-order valence-electron chi connectivity index (χ0n) is 25.7. The molecule has 0 spiro atoms. The van der Waals surface area contributed by atoms with Crippen LogP contribution in [0.15, 0.2) is 59.1 Å². The Labute approximate surface area is 245 Å². The first-order valence-electron chi connectivity index (χ1n) is 12.9. The van der Waals surface area contributed by atoms with Crippen LogP contribution in [0.1, 0.15) is 83.1 Å². The first-order chi connectivity index (χ1) is 18.6. The molecule has 222 valence electrons. The first kappa shape index (κ1) is 43.2. The van der Waals surface area contributed by atoms with Gasteiger partial charge in [0.1, 0.15) is 12.0 Å². The van der Waals surface area contributed by atoms with E-state index < -0.39 is 0 Å². The Morgan fingerprint density at radius 3 is 1.77 bits per heavy atom. The highest BCUT2D eigenvalue weighted by Gasteiger charge is 2.16. The molecule has 0 aliphatic heterocycles. The van der Waals surface area contributed by atoms with E-state index in [4.69, 9.17) is 9.53 Å². The predicted molar refractivity (Wildman–Crippen MR) is 170 cm³/mol. The Morgan fingerprint density at radius 1 is 0.949 bits per heavy atom. The quantitative estimate of drug-likeness (QED) is 0.188. The molecule has 3 N–H and O–H groups in total. The average Bonchev–Trinajstić information content (AvgIpc) is 2.91. The van der Waals surface area contributed by atoms with E-state index in [1.165, 1.54) is 33.9 Å². The van der Waals surface area contributed by atoms with Gasteiger partial charge in [0.2, 0.25) is 5.91 Å². The number of aldehydes is 1. The predicted octanol–water partition coefficient (Wildman–Crippen LogP) is 7.86. The van der Waals surface area contributed by atoms with Gasteiger partial charge in [-0.05, 0) is 69.8 Å². The fraction of sp³-hybridized carbons (Fsp3) is 0.452. The maximum atomic E-state index is 12.9. The van der Waals surface area contributed by atoms with E-state index in [0.29, 0.717) is 35.4 Å². The second-order valence-electron chi connectivity index (χ2n) is 7.81. The lowest BCUT2D eigenvalue weighted by atomic mass is 10.0. The van der Waals surface area contributed by atoms with E-state index in [-0.39, 0.29) is 11.7 Å². The van der Waals surface area contributed by atoms with Crippen molar-refractivity contribution in [2.45, 2.75) is 67.2 Å². The molecule has 0 bridgehead atoms. The van der Waals surface area contributed by atoms with Crippen LogP contribution in [-0.4, -0.2) is 46.4 Å². The van der Waals surface area contributed by atoms with E-state index in [2.05, 4.69) is 66.0 Å². The molecule has 0 aromatic heterocycles. The molecule has 0 heterocycles. The van der Waals surface area contributed by atoms with E-state index in [0.717, 1.165) is 16.3 Å². The molecule has 39 heavy (non-hydrogen) atoms.